The van der Waals surface area contributed by atoms with Gasteiger partial charge in [-0.05, 0) is 38.5 Å². The maximum absolute atomic E-state index is 11.9. The Labute approximate surface area is 120 Å². The Morgan fingerprint density at radius 1 is 1.25 bits per heavy atom. The van der Waals surface area contributed by atoms with E-state index in [4.69, 9.17) is 0 Å². The molecule has 2 rings (SSSR count). The zero-order valence-corrected chi connectivity index (χ0v) is 12.0. The Morgan fingerprint density at radius 3 is 2.65 bits per heavy atom. The van der Waals surface area contributed by atoms with Crippen LogP contribution in [0.2, 0.25) is 0 Å². The number of carbonyl (C=O) groups excluding carboxylic acids is 2. The van der Waals surface area contributed by atoms with Crippen LogP contribution in [0.4, 0.5) is 0 Å². The minimum Gasteiger partial charge on any atom is -0.356 e. The molecule has 0 aromatic rings. The third-order valence-corrected chi connectivity index (χ3v) is 4.01. The largest absolute Gasteiger partial charge is 0.356 e. The number of allylic oxidation sites excluding steroid dienone is 1. The Kier molecular flexibility index (Phi) is 5.39. The minimum absolute atomic E-state index is 0.0277. The molecule has 0 bridgehead atoms. The summed E-state index contributed by atoms with van der Waals surface area (Å²) < 4.78 is 0. The maximum atomic E-state index is 11.9. The van der Waals surface area contributed by atoms with E-state index in [0.717, 1.165) is 6.42 Å². The van der Waals surface area contributed by atoms with Crippen molar-refractivity contribution in [2.75, 3.05) is 13.1 Å². The van der Waals surface area contributed by atoms with Crippen molar-refractivity contribution >= 4 is 11.8 Å². The molecule has 0 aromatic heterocycles. The molecule has 0 aliphatic heterocycles. The predicted octanol–water partition coefficient (Wildman–Crippen LogP) is 1.93. The first kappa shape index (κ1) is 14.8. The van der Waals surface area contributed by atoms with Gasteiger partial charge in [0.15, 0.2) is 0 Å². The van der Waals surface area contributed by atoms with Crippen LogP contribution in [0, 0.1) is 11.8 Å². The summed E-state index contributed by atoms with van der Waals surface area (Å²) in [5, 5.41) is 5.69. The molecule has 4 nitrogen and oxygen atoms in total. The normalized spacial score (nSPS) is 24.5. The zero-order chi connectivity index (χ0) is 14.4. The van der Waals surface area contributed by atoms with Gasteiger partial charge < -0.3 is 10.6 Å². The fourth-order valence-electron chi connectivity index (χ4n) is 2.69. The SMILES string of the molecule is C=CCNC(=O)C1CC1C(=O)NCCC1=CCCCC1. The molecule has 0 saturated heterocycles. The standard InChI is InChI=1S/C16H24N2O2/c1-2-9-17-15(19)13-11-14(13)16(20)18-10-8-12-6-4-3-5-7-12/h2,6,13-14H,1,3-5,7-11H2,(H,17,19)(H,18,20). The van der Waals surface area contributed by atoms with Crippen LogP contribution in [0.15, 0.2) is 24.3 Å². The quantitative estimate of drug-likeness (QED) is 0.698. The smallest absolute Gasteiger partial charge is 0.224 e. The van der Waals surface area contributed by atoms with Gasteiger partial charge in [0.2, 0.25) is 11.8 Å². The molecule has 110 valence electrons. The topological polar surface area (TPSA) is 58.2 Å². The average molecular weight is 276 g/mol. The van der Waals surface area contributed by atoms with Gasteiger partial charge >= 0.3 is 0 Å². The van der Waals surface area contributed by atoms with E-state index in [1.54, 1.807) is 6.08 Å². The van der Waals surface area contributed by atoms with E-state index in [-0.39, 0.29) is 23.7 Å². The van der Waals surface area contributed by atoms with Gasteiger partial charge in [-0.3, -0.25) is 9.59 Å². The number of hydrogen-bond donors (Lipinski definition) is 2. The van der Waals surface area contributed by atoms with E-state index in [1.807, 2.05) is 0 Å². The molecule has 2 unspecified atom stereocenters. The highest BCUT2D eigenvalue weighted by molar-refractivity contribution is 5.92. The number of carbonyl (C=O) groups is 2. The third-order valence-electron chi connectivity index (χ3n) is 4.01. The van der Waals surface area contributed by atoms with E-state index < -0.39 is 0 Å². The van der Waals surface area contributed by atoms with E-state index in [0.29, 0.717) is 19.5 Å². The lowest BCUT2D eigenvalue weighted by Gasteiger charge is -2.12. The maximum Gasteiger partial charge on any atom is 0.224 e. The summed E-state index contributed by atoms with van der Waals surface area (Å²) in [4.78, 5) is 23.6. The molecule has 0 spiro atoms. The van der Waals surface area contributed by atoms with Crippen LogP contribution in [0.25, 0.3) is 0 Å². The summed E-state index contributed by atoms with van der Waals surface area (Å²) in [7, 11) is 0. The average Bonchev–Trinajstić information content (AvgIpc) is 3.26. The molecule has 2 aliphatic rings. The number of hydrogen-bond acceptors (Lipinski definition) is 2. The van der Waals surface area contributed by atoms with Gasteiger partial charge in [-0.15, -0.1) is 6.58 Å². The zero-order valence-electron chi connectivity index (χ0n) is 12.0. The van der Waals surface area contributed by atoms with Crippen LogP contribution in [0.3, 0.4) is 0 Å². The molecule has 0 heterocycles. The summed E-state index contributed by atoms with van der Waals surface area (Å²) in [6.45, 7) is 4.72. The molecule has 2 atom stereocenters. The highest BCUT2D eigenvalue weighted by Gasteiger charge is 2.47. The summed E-state index contributed by atoms with van der Waals surface area (Å²) in [6.07, 6.45) is 10.5. The third kappa shape index (κ3) is 4.22. The van der Waals surface area contributed by atoms with Crippen molar-refractivity contribution < 1.29 is 9.59 Å². The monoisotopic (exact) mass is 276 g/mol. The molecule has 20 heavy (non-hydrogen) atoms. The van der Waals surface area contributed by atoms with Crippen LogP contribution in [0.1, 0.15) is 38.5 Å². The molecule has 2 aliphatic carbocycles. The number of rotatable bonds is 7. The van der Waals surface area contributed by atoms with Gasteiger partial charge in [-0.2, -0.15) is 0 Å². The fourth-order valence-corrected chi connectivity index (χ4v) is 2.69. The van der Waals surface area contributed by atoms with Gasteiger partial charge in [-0.25, -0.2) is 0 Å². The van der Waals surface area contributed by atoms with Crippen LogP contribution < -0.4 is 10.6 Å². The molecule has 2 amide bonds. The second-order valence-electron chi connectivity index (χ2n) is 5.63. The lowest BCUT2D eigenvalue weighted by molar-refractivity contribution is -0.127. The fraction of sp³-hybridized carbons (Fsp3) is 0.625. The molecule has 1 saturated carbocycles. The van der Waals surface area contributed by atoms with Gasteiger partial charge in [-0.1, -0.05) is 17.7 Å². The molecular weight excluding hydrogens is 252 g/mol. The van der Waals surface area contributed by atoms with Crippen LogP contribution >= 0.6 is 0 Å². The van der Waals surface area contributed by atoms with Crippen molar-refractivity contribution in [2.45, 2.75) is 38.5 Å². The van der Waals surface area contributed by atoms with Crippen LogP contribution in [-0.2, 0) is 9.59 Å². The van der Waals surface area contributed by atoms with E-state index >= 15 is 0 Å². The molecule has 0 aromatic carbocycles. The Hall–Kier alpha value is -1.58. The highest BCUT2D eigenvalue weighted by Crippen LogP contribution is 2.38. The summed E-state index contributed by atoms with van der Waals surface area (Å²) in [5.74, 6) is -0.260. The molecule has 0 radical (unpaired) electrons. The van der Waals surface area contributed by atoms with Crippen molar-refractivity contribution in [3.05, 3.63) is 24.3 Å². The van der Waals surface area contributed by atoms with Crippen LogP contribution in [0.5, 0.6) is 0 Å². The summed E-state index contributed by atoms with van der Waals surface area (Å²) in [5.41, 5.74) is 1.47. The second-order valence-corrected chi connectivity index (χ2v) is 5.63. The second kappa shape index (κ2) is 7.27. The van der Waals surface area contributed by atoms with E-state index in [2.05, 4.69) is 23.3 Å². The minimum atomic E-state index is -0.135. The molecular formula is C16H24N2O2. The number of amides is 2. The van der Waals surface area contributed by atoms with Gasteiger partial charge in [0.25, 0.3) is 0 Å². The van der Waals surface area contributed by atoms with Crippen molar-refractivity contribution in [1.82, 2.24) is 10.6 Å². The first-order valence-electron chi connectivity index (χ1n) is 7.56. The van der Waals surface area contributed by atoms with Gasteiger partial charge in [0, 0.05) is 13.1 Å². The van der Waals surface area contributed by atoms with Crippen molar-refractivity contribution in [2.24, 2.45) is 11.8 Å². The lowest BCUT2D eigenvalue weighted by atomic mass is 9.97. The summed E-state index contributed by atoms with van der Waals surface area (Å²) >= 11 is 0. The lowest BCUT2D eigenvalue weighted by Crippen LogP contribution is -2.30. The van der Waals surface area contributed by atoms with Crippen molar-refractivity contribution in [1.29, 1.82) is 0 Å². The van der Waals surface area contributed by atoms with E-state index in [9.17, 15) is 9.59 Å². The summed E-state index contributed by atoms with van der Waals surface area (Å²) in [6, 6.07) is 0. The van der Waals surface area contributed by atoms with Gasteiger partial charge in [0.1, 0.15) is 0 Å². The van der Waals surface area contributed by atoms with Crippen molar-refractivity contribution in [3.63, 3.8) is 0 Å². The Morgan fingerprint density at radius 2 is 2.00 bits per heavy atom. The predicted molar refractivity (Wildman–Crippen MR) is 79.0 cm³/mol. The van der Waals surface area contributed by atoms with Crippen LogP contribution in [-0.4, -0.2) is 24.9 Å². The molecule has 2 N–H and O–H groups in total. The van der Waals surface area contributed by atoms with Gasteiger partial charge in [0.05, 0.1) is 11.8 Å². The Bertz CT molecular complexity index is 415. The first-order valence-corrected chi connectivity index (χ1v) is 7.56. The highest BCUT2D eigenvalue weighted by atomic mass is 16.2. The van der Waals surface area contributed by atoms with E-state index in [1.165, 1.54) is 31.3 Å². The number of nitrogens with one attached hydrogen (secondary N) is 2. The first-order chi connectivity index (χ1) is 9.72. The molecule has 1 fully saturated rings. The van der Waals surface area contributed by atoms with Crippen molar-refractivity contribution in [3.8, 4) is 0 Å². The molecule has 4 heteroatoms. The Balaban J connectivity index is 1.62.